The van der Waals surface area contributed by atoms with Gasteiger partial charge in [-0.3, -0.25) is 4.99 Å². The zero-order chi connectivity index (χ0) is 19.8. The number of aliphatic imine (C=N–C) groups is 1. The third-order valence-electron chi connectivity index (χ3n) is 5.40. The first kappa shape index (κ1) is 24.9. The number of halogens is 2. The molecule has 2 N–H and O–H groups in total. The van der Waals surface area contributed by atoms with Gasteiger partial charge in [-0.05, 0) is 58.2 Å². The zero-order valence-electron chi connectivity index (χ0n) is 18.0. The molecule has 160 valence electrons. The Labute approximate surface area is 187 Å². The molecule has 1 aromatic carbocycles. The molecule has 28 heavy (non-hydrogen) atoms. The average Bonchev–Trinajstić information content (AvgIpc) is 2.67. The van der Waals surface area contributed by atoms with Gasteiger partial charge in [0.05, 0.1) is 5.69 Å². The van der Waals surface area contributed by atoms with Crippen molar-refractivity contribution in [1.82, 2.24) is 15.5 Å². The van der Waals surface area contributed by atoms with E-state index in [1.807, 2.05) is 30.9 Å². The summed E-state index contributed by atoms with van der Waals surface area (Å²) in [4.78, 5) is 8.86. The van der Waals surface area contributed by atoms with Gasteiger partial charge in [0.15, 0.2) is 5.96 Å². The fourth-order valence-electron chi connectivity index (χ4n) is 3.62. The van der Waals surface area contributed by atoms with Gasteiger partial charge in [-0.15, -0.1) is 24.0 Å². The summed E-state index contributed by atoms with van der Waals surface area (Å²) in [5.74, 6) is 0.619. The second-order valence-electron chi connectivity index (χ2n) is 7.43. The summed E-state index contributed by atoms with van der Waals surface area (Å²) >= 11 is 0. The predicted molar refractivity (Wildman–Crippen MR) is 128 cm³/mol. The summed E-state index contributed by atoms with van der Waals surface area (Å²) in [7, 11) is 1.78. The molecule has 0 unspecified atom stereocenters. The third-order valence-corrected chi connectivity index (χ3v) is 5.40. The van der Waals surface area contributed by atoms with Crippen LogP contribution in [0, 0.1) is 5.82 Å². The van der Waals surface area contributed by atoms with Crippen molar-refractivity contribution in [2.24, 2.45) is 4.99 Å². The van der Waals surface area contributed by atoms with Crippen LogP contribution < -0.4 is 15.5 Å². The molecule has 0 aromatic heterocycles. The second kappa shape index (κ2) is 12.5. The highest BCUT2D eigenvalue weighted by Gasteiger charge is 2.21. The standard InChI is InChI=1S/C21H36FN5.HI/c1-6-26(7-2)20-9-8-17(14-19(20)22)15-24-21(23-5)25-18-10-12-27(13-11-18)16(3)4;/h8-9,14,16,18H,6-7,10-13,15H2,1-5H3,(H2,23,24,25);1H. The lowest BCUT2D eigenvalue weighted by molar-refractivity contribution is 0.167. The van der Waals surface area contributed by atoms with Crippen LogP contribution >= 0.6 is 24.0 Å². The molecule has 1 saturated heterocycles. The topological polar surface area (TPSA) is 42.9 Å². The molecule has 0 spiro atoms. The molecule has 0 bridgehead atoms. The lowest BCUT2D eigenvalue weighted by Crippen LogP contribution is -2.49. The van der Waals surface area contributed by atoms with Crippen LogP contribution in [0.4, 0.5) is 10.1 Å². The maximum absolute atomic E-state index is 14.4. The minimum absolute atomic E-state index is 0. The number of hydrogen-bond donors (Lipinski definition) is 2. The Morgan fingerprint density at radius 1 is 1.25 bits per heavy atom. The summed E-state index contributed by atoms with van der Waals surface area (Å²) in [6.07, 6.45) is 2.23. The SMILES string of the molecule is CCN(CC)c1ccc(CNC(=NC)NC2CCN(C(C)C)CC2)cc1F.I. The molecule has 5 nitrogen and oxygen atoms in total. The van der Waals surface area contributed by atoms with Crippen LogP contribution in [0.2, 0.25) is 0 Å². The molecule has 1 aliphatic rings. The van der Waals surface area contributed by atoms with Gasteiger partial charge in [0, 0.05) is 51.9 Å². The van der Waals surface area contributed by atoms with E-state index < -0.39 is 0 Å². The molecule has 0 radical (unpaired) electrons. The third kappa shape index (κ3) is 7.06. The van der Waals surface area contributed by atoms with E-state index in [1.165, 1.54) is 0 Å². The van der Waals surface area contributed by atoms with Crippen LogP contribution in [0.3, 0.4) is 0 Å². The first-order valence-electron chi connectivity index (χ1n) is 10.2. The van der Waals surface area contributed by atoms with E-state index in [0.29, 0.717) is 24.3 Å². The molecule has 0 saturated carbocycles. The monoisotopic (exact) mass is 505 g/mol. The van der Waals surface area contributed by atoms with Crippen molar-refractivity contribution in [2.75, 3.05) is 38.1 Å². The van der Waals surface area contributed by atoms with Gasteiger partial charge in [-0.25, -0.2) is 4.39 Å². The minimum atomic E-state index is -0.165. The summed E-state index contributed by atoms with van der Waals surface area (Å²) in [5.41, 5.74) is 1.59. The Morgan fingerprint density at radius 2 is 1.89 bits per heavy atom. The lowest BCUT2D eigenvalue weighted by Gasteiger charge is -2.35. The number of guanidine groups is 1. The molecule has 7 heteroatoms. The van der Waals surface area contributed by atoms with Gasteiger partial charge < -0.3 is 20.4 Å². The number of nitrogens with one attached hydrogen (secondary N) is 2. The van der Waals surface area contributed by atoms with E-state index in [0.717, 1.165) is 50.5 Å². The summed E-state index contributed by atoms with van der Waals surface area (Å²) in [6.45, 7) is 13.0. The molecule has 1 fully saturated rings. The highest BCUT2D eigenvalue weighted by molar-refractivity contribution is 14.0. The van der Waals surface area contributed by atoms with E-state index in [2.05, 4.69) is 34.4 Å². The Morgan fingerprint density at radius 3 is 2.39 bits per heavy atom. The van der Waals surface area contributed by atoms with E-state index in [1.54, 1.807) is 13.1 Å². The highest BCUT2D eigenvalue weighted by Crippen LogP contribution is 2.20. The number of anilines is 1. The smallest absolute Gasteiger partial charge is 0.191 e. The fraction of sp³-hybridized carbons (Fsp3) is 0.667. The van der Waals surface area contributed by atoms with Gasteiger partial charge in [-0.1, -0.05) is 6.07 Å². The normalized spacial score (nSPS) is 16.0. The molecular formula is C21H37FIN5. The van der Waals surface area contributed by atoms with Crippen LogP contribution in [0.1, 0.15) is 46.1 Å². The zero-order valence-corrected chi connectivity index (χ0v) is 20.3. The molecule has 1 aromatic rings. The number of rotatable bonds is 7. The van der Waals surface area contributed by atoms with Crippen molar-refractivity contribution < 1.29 is 4.39 Å². The van der Waals surface area contributed by atoms with Gasteiger partial charge in [0.2, 0.25) is 0 Å². The number of nitrogens with zero attached hydrogens (tertiary/aromatic N) is 3. The minimum Gasteiger partial charge on any atom is -0.370 e. The average molecular weight is 505 g/mol. The molecule has 2 rings (SSSR count). The fourth-order valence-corrected chi connectivity index (χ4v) is 3.62. The van der Waals surface area contributed by atoms with Crippen molar-refractivity contribution >= 4 is 35.6 Å². The van der Waals surface area contributed by atoms with Crippen molar-refractivity contribution in [3.8, 4) is 0 Å². The maximum Gasteiger partial charge on any atom is 0.191 e. The van der Waals surface area contributed by atoms with Gasteiger partial charge >= 0.3 is 0 Å². The van der Waals surface area contributed by atoms with E-state index in [4.69, 9.17) is 0 Å². The number of benzene rings is 1. The van der Waals surface area contributed by atoms with Crippen LogP contribution in [0.25, 0.3) is 0 Å². The van der Waals surface area contributed by atoms with Gasteiger partial charge in [0.25, 0.3) is 0 Å². The molecule has 1 heterocycles. The Balaban J connectivity index is 0.00000392. The number of piperidine rings is 1. The summed E-state index contributed by atoms with van der Waals surface area (Å²) in [5, 5.41) is 6.82. The van der Waals surface area contributed by atoms with Crippen molar-refractivity contribution in [3.05, 3.63) is 29.6 Å². The Hall–Kier alpha value is -1.09. The van der Waals surface area contributed by atoms with Crippen molar-refractivity contribution in [3.63, 3.8) is 0 Å². The number of likely N-dealkylation sites (tertiary alicyclic amines) is 1. The second-order valence-corrected chi connectivity index (χ2v) is 7.43. The van der Waals surface area contributed by atoms with Crippen LogP contribution in [0.15, 0.2) is 23.2 Å². The molecule has 1 aliphatic heterocycles. The quantitative estimate of drug-likeness (QED) is 0.336. The summed E-state index contributed by atoms with van der Waals surface area (Å²) in [6, 6.07) is 6.52. The van der Waals surface area contributed by atoms with Crippen LogP contribution in [-0.4, -0.2) is 56.2 Å². The van der Waals surface area contributed by atoms with E-state index in [-0.39, 0.29) is 29.8 Å². The predicted octanol–water partition coefficient (Wildman–Crippen LogP) is 3.83. The van der Waals surface area contributed by atoms with Crippen LogP contribution in [0.5, 0.6) is 0 Å². The van der Waals surface area contributed by atoms with Crippen molar-refractivity contribution in [2.45, 2.75) is 59.2 Å². The van der Waals surface area contributed by atoms with Crippen LogP contribution in [-0.2, 0) is 6.54 Å². The molecule has 0 aliphatic carbocycles. The Bertz CT molecular complexity index is 611. The van der Waals surface area contributed by atoms with Gasteiger partial charge in [-0.2, -0.15) is 0 Å². The summed E-state index contributed by atoms with van der Waals surface area (Å²) < 4.78 is 14.4. The number of hydrogen-bond acceptors (Lipinski definition) is 3. The van der Waals surface area contributed by atoms with Crippen molar-refractivity contribution in [1.29, 1.82) is 0 Å². The maximum atomic E-state index is 14.4. The largest absolute Gasteiger partial charge is 0.370 e. The lowest BCUT2D eigenvalue weighted by atomic mass is 10.0. The Kier molecular flexibility index (Phi) is 11.1. The van der Waals surface area contributed by atoms with E-state index >= 15 is 0 Å². The van der Waals surface area contributed by atoms with E-state index in [9.17, 15) is 4.39 Å². The molecular weight excluding hydrogens is 468 g/mol. The first-order chi connectivity index (χ1) is 13.0. The molecule has 0 amide bonds. The highest BCUT2D eigenvalue weighted by atomic mass is 127. The van der Waals surface area contributed by atoms with Gasteiger partial charge in [0.1, 0.15) is 5.82 Å². The first-order valence-corrected chi connectivity index (χ1v) is 10.2. The molecule has 0 atom stereocenters.